The van der Waals surface area contributed by atoms with Crippen molar-refractivity contribution in [1.82, 2.24) is 4.90 Å². The molecule has 0 spiro atoms. The topological polar surface area (TPSA) is 20.3 Å². The fourth-order valence-electron chi connectivity index (χ4n) is 2.80. The van der Waals surface area contributed by atoms with Gasteiger partial charge < -0.3 is 4.90 Å². The zero-order valence-corrected chi connectivity index (χ0v) is 12.6. The number of nitrogens with zero attached hydrogens (tertiary/aromatic N) is 1. The van der Waals surface area contributed by atoms with Crippen LogP contribution in [-0.2, 0) is 28.1 Å². The predicted octanol–water partition coefficient (Wildman–Crippen LogP) is 3.14. The van der Waals surface area contributed by atoms with E-state index >= 15 is 0 Å². The van der Waals surface area contributed by atoms with Crippen molar-refractivity contribution >= 4 is 5.91 Å². The maximum absolute atomic E-state index is 12.0. The van der Waals surface area contributed by atoms with E-state index in [-0.39, 0.29) is 28.6 Å². The Bertz CT molecular complexity index is 639. The van der Waals surface area contributed by atoms with Crippen molar-refractivity contribution in [2.45, 2.75) is 12.5 Å². The van der Waals surface area contributed by atoms with Gasteiger partial charge in [0.15, 0.2) is 0 Å². The van der Waals surface area contributed by atoms with Gasteiger partial charge in [-0.2, -0.15) is 24.3 Å². The van der Waals surface area contributed by atoms with Crippen LogP contribution >= 0.6 is 0 Å². The Labute approximate surface area is 135 Å². The Hall–Kier alpha value is -1.84. The number of fused-ring (bicyclic) bond motifs is 1. The molecule has 1 atom stereocenters. The first kappa shape index (κ1) is 15.5. The molecule has 1 heterocycles. The van der Waals surface area contributed by atoms with Crippen LogP contribution in [0.3, 0.4) is 0 Å². The van der Waals surface area contributed by atoms with Gasteiger partial charge in [0.25, 0.3) is 0 Å². The number of carbonyl (C=O) groups is 1. The average Bonchev–Trinajstić information content (AvgIpc) is 2.54. The molecule has 109 valence electrons. The largest absolute Gasteiger partial charge is 0.337 e. The van der Waals surface area contributed by atoms with Gasteiger partial charge in [-0.1, -0.05) is 42.5 Å². The van der Waals surface area contributed by atoms with E-state index in [1.54, 1.807) is 0 Å². The first-order valence-electron chi connectivity index (χ1n) is 6.74. The minimum atomic E-state index is -0.00980. The molecule has 0 bridgehead atoms. The number of amides is 1. The van der Waals surface area contributed by atoms with Crippen LogP contribution in [0, 0.1) is 6.07 Å². The van der Waals surface area contributed by atoms with Gasteiger partial charge in [-0.25, -0.2) is 0 Å². The van der Waals surface area contributed by atoms with E-state index in [4.69, 9.17) is 0 Å². The summed E-state index contributed by atoms with van der Waals surface area (Å²) in [6.45, 7) is 4.94. The quantitative estimate of drug-likeness (QED) is 0.615. The summed E-state index contributed by atoms with van der Waals surface area (Å²) in [4.78, 5) is 13.8. The Balaban J connectivity index is 0.00000161. The second kappa shape index (κ2) is 6.74. The van der Waals surface area contributed by atoms with Crippen molar-refractivity contribution < 1.29 is 21.6 Å². The molecule has 0 N–H and O–H groups in total. The van der Waals surface area contributed by atoms with Crippen LogP contribution in [-0.4, -0.2) is 17.4 Å². The number of carbonyl (C=O) groups excluding carboxylic acids is 1. The minimum absolute atomic E-state index is 0. The second-order valence-corrected chi connectivity index (χ2v) is 5.01. The smallest absolute Gasteiger partial charge is 0.246 e. The molecular formula is C18H16CoNO-. The molecule has 1 aliphatic heterocycles. The van der Waals surface area contributed by atoms with Crippen LogP contribution in [0.25, 0.3) is 0 Å². The maximum Gasteiger partial charge on any atom is 0.246 e. The van der Waals surface area contributed by atoms with E-state index in [9.17, 15) is 4.79 Å². The van der Waals surface area contributed by atoms with Crippen molar-refractivity contribution in [2.75, 3.05) is 6.54 Å². The van der Waals surface area contributed by atoms with Gasteiger partial charge in [-0.15, -0.1) is 11.1 Å². The SMILES string of the molecule is C=CC(=O)N1Cc2cc[c-]cc2[C@H](c2ccccc2)C1.[Co]. The Morgan fingerprint density at radius 3 is 2.76 bits per heavy atom. The molecule has 0 saturated carbocycles. The third-order valence-corrected chi connectivity index (χ3v) is 3.82. The predicted molar refractivity (Wildman–Crippen MR) is 79.2 cm³/mol. The summed E-state index contributed by atoms with van der Waals surface area (Å²) in [5.74, 6) is 0.200. The van der Waals surface area contributed by atoms with Crippen LogP contribution in [0.15, 0.2) is 61.2 Å². The van der Waals surface area contributed by atoms with E-state index in [0.717, 1.165) is 0 Å². The number of rotatable bonds is 2. The van der Waals surface area contributed by atoms with E-state index in [1.165, 1.54) is 22.8 Å². The summed E-state index contributed by atoms with van der Waals surface area (Å²) in [6, 6.07) is 19.5. The van der Waals surface area contributed by atoms with Gasteiger partial charge in [0.2, 0.25) is 5.91 Å². The summed E-state index contributed by atoms with van der Waals surface area (Å²) >= 11 is 0. The molecule has 1 amide bonds. The molecule has 1 aliphatic rings. The van der Waals surface area contributed by atoms with E-state index < -0.39 is 0 Å². The molecule has 0 aliphatic carbocycles. The van der Waals surface area contributed by atoms with Crippen LogP contribution in [0.2, 0.25) is 0 Å². The Morgan fingerprint density at radius 2 is 2.05 bits per heavy atom. The van der Waals surface area contributed by atoms with Crippen molar-refractivity contribution in [3.8, 4) is 0 Å². The summed E-state index contributed by atoms with van der Waals surface area (Å²) in [5, 5.41) is 0. The maximum atomic E-state index is 12.0. The van der Waals surface area contributed by atoms with Crippen LogP contribution < -0.4 is 0 Å². The van der Waals surface area contributed by atoms with Crippen LogP contribution in [0.4, 0.5) is 0 Å². The van der Waals surface area contributed by atoms with Gasteiger partial charge in [-0.3, -0.25) is 4.79 Å². The number of hydrogen-bond donors (Lipinski definition) is 0. The average molecular weight is 321 g/mol. The van der Waals surface area contributed by atoms with E-state index in [2.05, 4.69) is 24.8 Å². The first-order chi connectivity index (χ1) is 9.79. The van der Waals surface area contributed by atoms with Crippen molar-refractivity contribution in [3.63, 3.8) is 0 Å². The molecule has 0 aromatic heterocycles. The van der Waals surface area contributed by atoms with Gasteiger partial charge in [0.05, 0.1) is 0 Å². The first-order valence-corrected chi connectivity index (χ1v) is 6.74. The third kappa shape index (κ3) is 3.09. The molecule has 1 radical (unpaired) electrons. The van der Waals surface area contributed by atoms with Gasteiger partial charge in [-0.05, 0) is 12.0 Å². The molecular weight excluding hydrogens is 305 g/mol. The van der Waals surface area contributed by atoms with Crippen LogP contribution in [0.5, 0.6) is 0 Å². The third-order valence-electron chi connectivity index (χ3n) is 3.82. The number of hydrogen-bond acceptors (Lipinski definition) is 1. The zero-order valence-electron chi connectivity index (χ0n) is 11.6. The summed E-state index contributed by atoms with van der Waals surface area (Å²) in [6.07, 6.45) is 1.39. The fraction of sp³-hybridized carbons (Fsp3) is 0.167. The summed E-state index contributed by atoms with van der Waals surface area (Å²) in [7, 11) is 0. The Kier molecular flexibility index (Phi) is 4.99. The number of benzene rings is 2. The van der Waals surface area contributed by atoms with Gasteiger partial charge >= 0.3 is 0 Å². The molecule has 3 heteroatoms. The summed E-state index contributed by atoms with van der Waals surface area (Å²) < 4.78 is 0. The van der Waals surface area contributed by atoms with Gasteiger partial charge in [0.1, 0.15) is 0 Å². The van der Waals surface area contributed by atoms with Crippen LogP contribution in [0.1, 0.15) is 22.6 Å². The fourth-order valence-corrected chi connectivity index (χ4v) is 2.80. The molecule has 3 rings (SSSR count). The van der Waals surface area contributed by atoms with Crippen molar-refractivity contribution in [2.24, 2.45) is 0 Å². The van der Waals surface area contributed by atoms with E-state index in [0.29, 0.717) is 13.1 Å². The minimum Gasteiger partial charge on any atom is -0.337 e. The Morgan fingerprint density at radius 1 is 1.29 bits per heavy atom. The van der Waals surface area contributed by atoms with Crippen molar-refractivity contribution in [3.05, 3.63) is 83.9 Å². The molecule has 2 nitrogen and oxygen atoms in total. The van der Waals surface area contributed by atoms with Crippen molar-refractivity contribution in [1.29, 1.82) is 0 Å². The molecule has 21 heavy (non-hydrogen) atoms. The summed E-state index contributed by atoms with van der Waals surface area (Å²) in [5.41, 5.74) is 3.70. The monoisotopic (exact) mass is 321 g/mol. The zero-order chi connectivity index (χ0) is 13.9. The second-order valence-electron chi connectivity index (χ2n) is 5.01. The van der Waals surface area contributed by atoms with Gasteiger partial charge in [0, 0.05) is 29.9 Å². The molecule has 0 unspecified atom stereocenters. The molecule has 0 saturated heterocycles. The molecule has 2 aromatic rings. The van der Waals surface area contributed by atoms with E-state index in [1.807, 2.05) is 41.3 Å². The molecule has 2 aromatic carbocycles. The molecule has 0 fully saturated rings. The standard InChI is InChI=1S/C18H16NO.Co/c1-2-18(20)19-12-15-10-6-7-11-16(15)17(13-19)14-8-4-3-5-9-14;/h2-6,8-11,17H,1,12-13H2;/q-1;/t17-;/m0./s1. The normalized spacial score (nSPS) is 16.6.